The van der Waals surface area contributed by atoms with Gasteiger partial charge in [-0.25, -0.2) is 4.79 Å². The number of carbonyl (C=O) groups is 1. The Labute approximate surface area is 101 Å². The van der Waals surface area contributed by atoms with Crippen LogP contribution in [0, 0.1) is 0 Å². The summed E-state index contributed by atoms with van der Waals surface area (Å²) in [4.78, 5) is 14.9. The maximum absolute atomic E-state index is 11.1. The molecule has 0 spiro atoms. The summed E-state index contributed by atoms with van der Waals surface area (Å²) in [7, 11) is 0. The molecule has 1 N–H and O–H groups in total. The van der Waals surface area contributed by atoms with Crippen LogP contribution >= 0.6 is 15.9 Å². The van der Waals surface area contributed by atoms with Gasteiger partial charge >= 0.3 is 5.97 Å². The van der Waals surface area contributed by atoms with E-state index in [9.17, 15) is 4.79 Å². The SMILES string of the molecule is O=C(O)c1cnccc1-c1ccccc1Br. The number of benzene rings is 1. The number of aromatic nitrogens is 1. The van der Waals surface area contributed by atoms with E-state index in [1.165, 1.54) is 6.20 Å². The summed E-state index contributed by atoms with van der Waals surface area (Å²) in [6.07, 6.45) is 2.94. The smallest absolute Gasteiger partial charge is 0.337 e. The molecule has 1 heterocycles. The number of hydrogen-bond acceptors (Lipinski definition) is 2. The number of carboxylic acids is 1. The van der Waals surface area contributed by atoms with Crippen molar-refractivity contribution in [2.24, 2.45) is 0 Å². The summed E-state index contributed by atoms with van der Waals surface area (Å²) >= 11 is 3.40. The zero-order valence-corrected chi connectivity index (χ0v) is 9.81. The van der Waals surface area contributed by atoms with Gasteiger partial charge in [0.25, 0.3) is 0 Å². The Morgan fingerprint density at radius 1 is 1.19 bits per heavy atom. The van der Waals surface area contributed by atoms with Gasteiger partial charge in [0.1, 0.15) is 0 Å². The standard InChI is InChI=1S/C12H8BrNO2/c13-11-4-2-1-3-9(11)8-5-6-14-7-10(8)12(15)16/h1-7H,(H,15,16). The quantitative estimate of drug-likeness (QED) is 0.917. The Morgan fingerprint density at radius 2 is 1.94 bits per heavy atom. The topological polar surface area (TPSA) is 50.2 Å². The van der Waals surface area contributed by atoms with E-state index in [1.807, 2.05) is 24.3 Å². The molecule has 0 radical (unpaired) electrons. The van der Waals surface area contributed by atoms with E-state index in [2.05, 4.69) is 20.9 Å². The fourth-order valence-corrected chi connectivity index (χ4v) is 1.98. The van der Waals surface area contributed by atoms with Gasteiger partial charge in [-0.1, -0.05) is 34.1 Å². The van der Waals surface area contributed by atoms with Gasteiger partial charge < -0.3 is 5.11 Å². The van der Waals surface area contributed by atoms with Crippen LogP contribution in [-0.2, 0) is 0 Å². The van der Waals surface area contributed by atoms with Crippen molar-refractivity contribution in [1.82, 2.24) is 4.98 Å². The Hall–Kier alpha value is -1.68. The number of carboxylic acid groups (broad SMARTS) is 1. The Bertz CT molecular complexity index is 540. The summed E-state index contributed by atoms with van der Waals surface area (Å²) in [6, 6.07) is 9.19. The third-order valence-electron chi connectivity index (χ3n) is 2.22. The monoisotopic (exact) mass is 277 g/mol. The lowest BCUT2D eigenvalue weighted by Crippen LogP contribution is -2.00. The minimum absolute atomic E-state index is 0.203. The highest BCUT2D eigenvalue weighted by molar-refractivity contribution is 9.10. The summed E-state index contributed by atoms with van der Waals surface area (Å²) in [5, 5.41) is 9.06. The zero-order chi connectivity index (χ0) is 11.5. The van der Waals surface area contributed by atoms with Crippen LogP contribution in [-0.4, -0.2) is 16.1 Å². The van der Waals surface area contributed by atoms with Crippen molar-refractivity contribution in [3.05, 3.63) is 52.8 Å². The van der Waals surface area contributed by atoms with Crippen molar-refractivity contribution in [2.75, 3.05) is 0 Å². The Kier molecular flexibility index (Phi) is 3.01. The molecule has 16 heavy (non-hydrogen) atoms. The summed E-state index contributed by atoms with van der Waals surface area (Å²) in [6.45, 7) is 0. The first-order chi connectivity index (χ1) is 7.70. The first kappa shape index (κ1) is 10.8. The molecule has 0 bridgehead atoms. The lowest BCUT2D eigenvalue weighted by Gasteiger charge is -2.07. The first-order valence-electron chi connectivity index (χ1n) is 4.62. The second-order valence-electron chi connectivity index (χ2n) is 3.21. The van der Waals surface area contributed by atoms with Crippen molar-refractivity contribution in [3.8, 4) is 11.1 Å². The largest absolute Gasteiger partial charge is 0.478 e. The number of aromatic carboxylic acids is 1. The van der Waals surface area contributed by atoms with Crippen LogP contribution in [0.25, 0.3) is 11.1 Å². The van der Waals surface area contributed by atoms with E-state index in [0.717, 1.165) is 10.0 Å². The summed E-state index contributed by atoms with van der Waals surface area (Å²) < 4.78 is 0.865. The lowest BCUT2D eigenvalue weighted by molar-refractivity contribution is 0.0697. The van der Waals surface area contributed by atoms with E-state index >= 15 is 0 Å². The molecule has 4 heteroatoms. The van der Waals surface area contributed by atoms with Gasteiger partial charge in [-0.15, -0.1) is 0 Å². The molecule has 0 atom stereocenters. The normalized spacial score (nSPS) is 10.1. The highest BCUT2D eigenvalue weighted by Gasteiger charge is 2.12. The van der Waals surface area contributed by atoms with Crippen molar-refractivity contribution in [1.29, 1.82) is 0 Å². The number of rotatable bonds is 2. The van der Waals surface area contributed by atoms with E-state index in [1.54, 1.807) is 12.3 Å². The minimum atomic E-state index is -0.973. The zero-order valence-electron chi connectivity index (χ0n) is 8.22. The lowest BCUT2D eigenvalue weighted by atomic mass is 10.0. The molecule has 0 aliphatic heterocycles. The number of nitrogens with zero attached hydrogens (tertiary/aromatic N) is 1. The third kappa shape index (κ3) is 1.97. The van der Waals surface area contributed by atoms with Crippen LogP contribution in [0.15, 0.2) is 47.2 Å². The van der Waals surface area contributed by atoms with Gasteiger partial charge in [-0.05, 0) is 17.7 Å². The van der Waals surface area contributed by atoms with Crippen molar-refractivity contribution >= 4 is 21.9 Å². The van der Waals surface area contributed by atoms with Crippen LogP contribution in [0.4, 0.5) is 0 Å². The number of halogens is 1. The minimum Gasteiger partial charge on any atom is -0.478 e. The molecular formula is C12H8BrNO2. The molecule has 0 fully saturated rings. The molecular weight excluding hydrogens is 270 g/mol. The third-order valence-corrected chi connectivity index (χ3v) is 2.91. The van der Waals surface area contributed by atoms with Gasteiger partial charge in [0.2, 0.25) is 0 Å². The first-order valence-corrected chi connectivity index (χ1v) is 5.41. The van der Waals surface area contributed by atoms with Crippen LogP contribution in [0.5, 0.6) is 0 Å². The molecule has 3 nitrogen and oxygen atoms in total. The van der Waals surface area contributed by atoms with Gasteiger partial charge in [0.15, 0.2) is 0 Å². The van der Waals surface area contributed by atoms with Crippen LogP contribution in [0.2, 0.25) is 0 Å². The highest BCUT2D eigenvalue weighted by Crippen LogP contribution is 2.29. The second-order valence-corrected chi connectivity index (χ2v) is 4.06. The van der Waals surface area contributed by atoms with E-state index in [-0.39, 0.29) is 5.56 Å². The molecule has 0 saturated carbocycles. The van der Waals surface area contributed by atoms with Crippen LogP contribution in [0.1, 0.15) is 10.4 Å². The van der Waals surface area contributed by atoms with Gasteiger partial charge in [-0.2, -0.15) is 0 Å². The molecule has 0 amide bonds. The van der Waals surface area contributed by atoms with Crippen molar-refractivity contribution in [3.63, 3.8) is 0 Å². The summed E-state index contributed by atoms with van der Waals surface area (Å²) in [5.74, 6) is -0.973. The van der Waals surface area contributed by atoms with Crippen LogP contribution < -0.4 is 0 Å². The molecule has 0 aliphatic carbocycles. The van der Waals surface area contributed by atoms with E-state index < -0.39 is 5.97 Å². The summed E-state index contributed by atoms with van der Waals surface area (Å²) in [5.41, 5.74) is 1.71. The Balaban J connectivity index is 2.65. The second kappa shape index (κ2) is 4.45. The van der Waals surface area contributed by atoms with Crippen molar-refractivity contribution < 1.29 is 9.90 Å². The highest BCUT2D eigenvalue weighted by atomic mass is 79.9. The maximum Gasteiger partial charge on any atom is 0.337 e. The van der Waals surface area contributed by atoms with E-state index in [4.69, 9.17) is 5.11 Å². The molecule has 0 saturated heterocycles. The predicted molar refractivity (Wildman–Crippen MR) is 64.3 cm³/mol. The van der Waals surface area contributed by atoms with Crippen LogP contribution in [0.3, 0.4) is 0 Å². The molecule has 0 aliphatic rings. The molecule has 2 aromatic rings. The average molecular weight is 278 g/mol. The average Bonchev–Trinajstić information content (AvgIpc) is 2.29. The Morgan fingerprint density at radius 3 is 2.62 bits per heavy atom. The molecule has 1 aromatic heterocycles. The molecule has 0 unspecified atom stereocenters. The maximum atomic E-state index is 11.1. The van der Waals surface area contributed by atoms with Gasteiger partial charge in [0.05, 0.1) is 5.56 Å². The van der Waals surface area contributed by atoms with Crippen molar-refractivity contribution in [2.45, 2.75) is 0 Å². The molecule has 1 aromatic carbocycles. The molecule has 2 rings (SSSR count). The fraction of sp³-hybridized carbons (Fsp3) is 0. The fourth-order valence-electron chi connectivity index (χ4n) is 1.48. The van der Waals surface area contributed by atoms with Gasteiger partial charge in [0, 0.05) is 22.4 Å². The molecule has 80 valence electrons. The number of pyridine rings is 1. The predicted octanol–water partition coefficient (Wildman–Crippen LogP) is 3.21. The van der Waals surface area contributed by atoms with E-state index in [0.29, 0.717) is 5.56 Å². The number of hydrogen-bond donors (Lipinski definition) is 1. The van der Waals surface area contributed by atoms with Gasteiger partial charge in [-0.3, -0.25) is 4.98 Å².